The summed E-state index contributed by atoms with van der Waals surface area (Å²) in [4.78, 5) is 13.8. The Kier molecular flexibility index (Phi) is 6.74. The number of nitrogens with one attached hydrogen (secondary N) is 1. The van der Waals surface area contributed by atoms with Crippen LogP contribution in [0.3, 0.4) is 0 Å². The molecule has 1 amide bonds. The van der Waals surface area contributed by atoms with Crippen LogP contribution in [0.25, 0.3) is 0 Å². The third-order valence-electron chi connectivity index (χ3n) is 4.23. The van der Waals surface area contributed by atoms with Crippen molar-refractivity contribution in [2.24, 2.45) is 0 Å². The van der Waals surface area contributed by atoms with Crippen molar-refractivity contribution in [3.63, 3.8) is 0 Å². The van der Waals surface area contributed by atoms with Crippen LogP contribution in [-0.2, 0) is 24.1 Å². The van der Waals surface area contributed by atoms with Gasteiger partial charge in [-0.25, -0.2) is 0 Å². The number of halogens is 2. The van der Waals surface area contributed by atoms with E-state index in [4.69, 9.17) is 23.2 Å². The molecule has 0 bridgehead atoms. The topological polar surface area (TPSA) is 32.3 Å². The molecule has 0 heterocycles. The van der Waals surface area contributed by atoms with Crippen molar-refractivity contribution in [1.29, 1.82) is 0 Å². The van der Waals surface area contributed by atoms with Gasteiger partial charge in [-0.15, -0.1) is 0 Å². The largest absolute Gasteiger partial charge is 0.354 e. The molecule has 0 radical (unpaired) electrons. The van der Waals surface area contributed by atoms with Gasteiger partial charge in [0, 0.05) is 24.8 Å². The van der Waals surface area contributed by atoms with E-state index in [-0.39, 0.29) is 5.91 Å². The average Bonchev–Trinajstić information content (AvgIpc) is 2.59. The quantitative estimate of drug-likeness (QED) is 0.720. The first-order chi connectivity index (χ1) is 11.9. The van der Waals surface area contributed by atoms with Gasteiger partial charge in [-0.1, -0.05) is 49.2 Å². The van der Waals surface area contributed by atoms with Crippen LogP contribution in [-0.4, -0.2) is 24.9 Å². The second-order valence-electron chi connectivity index (χ2n) is 6.18. The summed E-state index contributed by atoms with van der Waals surface area (Å²) in [7, 11) is 3.53. The molecule has 5 heteroatoms. The molecule has 2 aromatic carbocycles. The summed E-state index contributed by atoms with van der Waals surface area (Å²) in [5.74, 6) is 0.0627. The third kappa shape index (κ3) is 4.68. The number of carbonyl (C=O) groups is 1. The number of amides is 1. The predicted octanol–water partition coefficient (Wildman–Crippen LogP) is 5.49. The molecule has 0 saturated heterocycles. The van der Waals surface area contributed by atoms with Crippen LogP contribution in [0.15, 0.2) is 30.3 Å². The molecular formula is C20H24Cl2N2O. The van der Waals surface area contributed by atoms with E-state index in [1.807, 2.05) is 25.1 Å². The van der Waals surface area contributed by atoms with Crippen molar-refractivity contribution in [2.75, 3.05) is 19.4 Å². The smallest absolute Gasteiger partial charge is 0.226 e. The Balaban J connectivity index is 2.40. The van der Waals surface area contributed by atoms with Crippen molar-refractivity contribution in [1.82, 2.24) is 4.90 Å². The average molecular weight is 379 g/mol. The molecule has 1 N–H and O–H groups in total. The number of aryl methyl sites for hydroxylation is 1. The van der Waals surface area contributed by atoms with E-state index < -0.39 is 0 Å². The van der Waals surface area contributed by atoms with Gasteiger partial charge >= 0.3 is 0 Å². The van der Waals surface area contributed by atoms with Gasteiger partial charge in [-0.05, 0) is 47.7 Å². The minimum atomic E-state index is 0.0627. The maximum atomic E-state index is 12.2. The van der Waals surface area contributed by atoms with E-state index in [0.29, 0.717) is 16.5 Å². The highest BCUT2D eigenvalue weighted by atomic mass is 35.5. The molecule has 2 rings (SSSR count). The highest BCUT2D eigenvalue weighted by molar-refractivity contribution is 6.37. The molecule has 0 aromatic heterocycles. The Morgan fingerprint density at radius 1 is 1.04 bits per heavy atom. The number of nitrogens with zero attached hydrogens (tertiary/aromatic N) is 1. The molecule has 0 unspecified atom stereocenters. The van der Waals surface area contributed by atoms with E-state index in [1.54, 1.807) is 19.0 Å². The van der Waals surface area contributed by atoms with Crippen LogP contribution in [0.2, 0.25) is 10.0 Å². The van der Waals surface area contributed by atoms with Gasteiger partial charge in [-0.3, -0.25) is 4.79 Å². The third-order valence-corrected chi connectivity index (χ3v) is 5.01. The van der Waals surface area contributed by atoms with Gasteiger partial charge in [-0.2, -0.15) is 0 Å². The molecule has 134 valence electrons. The Morgan fingerprint density at radius 3 is 2.32 bits per heavy atom. The first kappa shape index (κ1) is 19.6. The van der Waals surface area contributed by atoms with Gasteiger partial charge in [0.25, 0.3) is 0 Å². The summed E-state index contributed by atoms with van der Waals surface area (Å²) in [6.07, 6.45) is 2.02. The summed E-state index contributed by atoms with van der Waals surface area (Å²) >= 11 is 12.7. The summed E-state index contributed by atoms with van der Waals surface area (Å²) in [6, 6.07) is 9.87. The zero-order chi connectivity index (χ0) is 18.6. The van der Waals surface area contributed by atoms with Crippen LogP contribution in [0.1, 0.15) is 30.5 Å². The fourth-order valence-corrected chi connectivity index (χ4v) is 3.30. The predicted molar refractivity (Wildman–Crippen MR) is 107 cm³/mol. The summed E-state index contributed by atoms with van der Waals surface area (Å²) in [5.41, 5.74) is 4.76. The van der Waals surface area contributed by atoms with Crippen LogP contribution in [0.4, 0.5) is 11.4 Å². The number of hydrogen-bond acceptors (Lipinski definition) is 2. The van der Waals surface area contributed by atoms with E-state index >= 15 is 0 Å². The van der Waals surface area contributed by atoms with E-state index in [9.17, 15) is 4.79 Å². The van der Waals surface area contributed by atoms with Crippen molar-refractivity contribution < 1.29 is 4.79 Å². The van der Waals surface area contributed by atoms with Crippen molar-refractivity contribution >= 4 is 40.5 Å². The fraction of sp³-hybridized carbons (Fsp3) is 0.350. The maximum Gasteiger partial charge on any atom is 0.226 e. The molecule has 0 fully saturated rings. The molecule has 0 aliphatic heterocycles. The van der Waals surface area contributed by atoms with Gasteiger partial charge < -0.3 is 10.2 Å². The number of carbonyl (C=O) groups excluding carboxylic acids is 1. The zero-order valence-electron chi connectivity index (χ0n) is 15.1. The Bertz CT molecular complexity index is 773. The van der Waals surface area contributed by atoms with Crippen LogP contribution < -0.4 is 5.32 Å². The van der Waals surface area contributed by atoms with Crippen molar-refractivity contribution in [3.8, 4) is 0 Å². The molecule has 2 aromatic rings. The SMILES string of the molecule is CCc1ccc(Nc2ccc(Cl)c(CC)c2Cl)c(CC(=O)N(C)C)c1. The summed E-state index contributed by atoms with van der Waals surface area (Å²) in [5, 5.41) is 4.67. The molecule has 0 aliphatic carbocycles. The molecule has 0 aliphatic rings. The molecule has 3 nitrogen and oxygen atoms in total. The van der Waals surface area contributed by atoms with E-state index in [0.717, 1.165) is 35.3 Å². The standard InChI is InChI=1S/C20H24Cl2N2O/c1-5-13-7-9-17(14(11-13)12-19(25)24(3)4)23-18-10-8-16(21)15(6-2)20(18)22/h7-11,23H,5-6,12H2,1-4H3. The molecule has 0 saturated carbocycles. The number of hydrogen-bond donors (Lipinski definition) is 1. The lowest BCUT2D eigenvalue weighted by Crippen LogP contribution is -2.23. The first-order valence-corrected chi connectivity index (χ1v) is 9.18. The molecule has 0 atom stereocenters. The minimum absolute atomic E-state index is 0.0627. The lowest BCUT2D eigenvalue weighted by molar-refractivity contribution is -0.127. The first-order valence-electron chi connectivity index (χ1n) is 8.43. The zero-order valence-corrected chi connectivity index (χ0v) is 16.6. The number of likely N-dealkylation sites (N-methyl/N-ethyl adjacent to an activating group) is 1. The molecule has 25 heavy (non-hydrogen) atoms. The van der Waals surface area contributed by atoms with Crippen molar-refractivity contribution in [3.05, 3.63) is 57.1 Å². The summed E-state index contributed by atoms with van der Waals surface area (Å²) in [6.45, 7) is 4.12. The highest BCUT2D eigenvalue weighted by Crippen LogP contribution is 2.34. The molecule has 0 spiro atoms. The molecular weight excluding hydrogens is 355 g/mol. The van der Waals surface area contributed by atoms with Gasteiger partial charge in [0.15, 0.2) is 0 Å². The number of anilines is 2. The van der Waals surface area contributed by atoms with E-state index in [2.05, 4.69) is 24.4 Å². The number of rotatable bonds is 6. The normalized spacial score (nSPS) is 10.6. The van der Waals surface area contributed by atoms with Crippen molar-refractivity contribution in [2.45, 2.75) is 33.1 Å². The van der Waals surface area contributed by atoms with Crippen LogP contribution in [0, 0.1) is 0 Å². The maximum absolute atomic E-state index is 12.2. The lowest BCUT2D eigenvalue weighted by Gasteiger charge is -2.17. The van der Waals surface area contributed by atoms with Crippen LogP contribution in [0.5, 0.6) is 0 Å². The second-order valence-corrected chi connectivity index (χ2v) is 6.96. The number of benzene rings is 2. The highest BCUT2D eigenvalue weighted by Gasteiger charge is 2.14. The van der Waals surface area contributed by atoms with Gasteiger partial charge in [0.2, 0.25) is 5.91 Å². The summed E-state index contributed by atoms with van der Waals surface area (Å²) < 4.78 is 0. The van der Waals surface area contributed by atoms with Gasteiger partial charge in [0.05, 0.1) is 17.1 Å². The minimum Gasteiger partial charge on any atom is -0.354 e. The van der Waals surface area contributed by atoms with E-state index in [1.165, 1.54) is 5.56 Å². The lowest BCUT2D eigenvalue weighted by atomic mass is 10.0. The van der Waals surface area contributed by atoms with Gasteiger partial charge in [0.1, 0.15) is 0 Å². The monoisotopic (exact) mass is 378 g/mol. The Morgan fingerprint density at radius 2 is 1.72 bits per heavy atom. The fourth-order valence-electron chi connectivity index (χ4n) is 2.62. The Labute approximate surface area is 159 Å². The second kappa shape index (κ2) is 8.59. The van der Waals surface area contributed by atoms with Crippen LogP contribution >= 0.6 is 23.2 Å². The Hall–Kier alpha value is -1.71.